The predicted octanol–water partition coefficient (Wildman–Crippen LogP) is 1.80. The van der Waals surface area contributed by atoms with Gasteiger partial charge in [0.2, 0.25) is 5.91 Å². The van der Waals surface area contributed by atoms with E-state index in [0.717, 1.165) is 11.3 Å². The number of benzene rings is 1. The van der Waals surface area contributed by atoms with Crippen molar-refractivity contribution in [2.75, 3.05) is 34.5 Å². The van der Waals surface area contributed by atoms with Crippen molar-refractivity contribution in [1.29, 1.82) is 0 Å². The second kappa shape index (κ2) is 8.64. The molecule has 0 aliphatic heterocycles. The number of hydrogen-bond donors (Lipinski definition) is 1. The fourth-order valence-electron chi connectivity index (χ4n) is 1.91. The van der Waals surface area contributed by atoms with Crippen LogP contribution in [0.5, 0.6) is 5.75 Å². The van der Waals surface area contributed by atoms with Gasteiger partial charge in [-0.15, -0.1) is 0 Å². The molecule has 1 aromatic carbocycles. The van der Waals surface area contributed by atoms with Crippen molar-refractivity contribution in [3.05, 3.63) is 29.8 Å². The highest BCUT2D eigenvalue weighted by molar-refractivity contribution is 5.76. The molecule has 1 amide bonds. The minimum Gasteiger partial charge on any atom is -0.497 e. The van der Waals surface area contributed by atoms with E-state index in [2.05, 4.69) is 5.32 Å². The Labute approximate surface area is 126 Å². The van der Waals surface area contributed by atoms with Crippen molar-refractivity contribution >= 4 is 5.91 Å². The molecule has 0 radical (unpaired) electrons. The Morgan fingerprint density at radius 3 is 2.38 bits per heavy atom. The number of aryl methyl sites for hydroxylation is 1. The Morgan fingerprint density at radius 2 is 1.86 bits per heavy atom. The van der Waals surface area contributed by atoms with E-state index >= 15 is 0 Å². The van der Waals surface area contributed by atoms with Gasteiger partial charge in [-0.05, 0) is 31.0 Å². The molecule has 0 aliphatic carbocycles. The Hall–Kier alpha value is -1.59. The van der Waals surface area contributed by atoms with Crippen LogP contribution in [0.1, 0.15) is 18.9 Å². The van der Waals surface area contributed by atoms with Crippen LogP contribution in [0.2, 0.25) is 0 Å². The number of hydrogen-bond acceptors (Lipinski definition) is 4. The fourth-order valence-corrected chi connectivity index (χ4v) is 1.91. The number of rotatable bonds is 9. The maximum atomic E-state index is 11.9. The third-order valence-corrected chi connectivity index (χ3v) is 3.40. The molecule has 1 atom stereocenters. The lowest BCUT2D eigenvalue weighted by atomic mass is 10.1. The number of amides is 1. The lowest BCUT2D eigenvalue weighted by molar-refractivity contribution is -0.123. The molecule has 0 saturated heterocycles. The minimum atomic E-state index is -0.496. The van der Waals surface area contributed by atoms with E-state index in [1.54, 1.807) is 21.3 Å². The molecular weight excluding hydrogens is 270 g/mol. The van der Waals surface area contributed by atoms with Gasteiger partial charge in [0, 0.05) is 27.2 Å². The van der Waals surface area contributed by atoms with Crippen LogP contribution in [0.25, 0.3) is 0 Å². The summed E-state index contributed by atoms with van der Waals surface area (Å²) in [5, 5.41) is 2.88. The van der Waals surface area contributed by atoms with E-state index in [-0.39, 0.29) is 5.91 Å². The molecule has 0 heterocycles. The number of ether oxygens (including phenoxy) is 3. The monoisotopic (exact) mass is 295 g/mol. The summed E-state index contributed by atoms with van der Waals surface area (Å²) in [4.78, 5) is 11.9. The largest absolute Gasteiger partial charge is 0.497 e. The first kappa shape index (κ1) is 17.5. The second-order valence-electron chi connectivity index (χ2n) is 5.21. The summed E-state index contributed by atoms with van der Waals surface area (Å²) in [5.41, 5.74) is 0.613. The van der Waals surface area contributed by atoms with Crippen molar-refractivity contribution in [2.24, 2.45) is 0 Å². The first-order valence-corrected chi connectivity index (χ1v) is 6.96. The van der Waals surface area contributed by atoms with E-state index in [9.17, 15) is 4.79 Å². The van der Waals surface area contributed by atoms with E-state index in [4.69, 9.17) is 14.2 Å². The maximum absolute atomic E-state index is 11.9. The lowest BCUT2D eigenvalue weighted by Gasteiger charge is -2.27. The number of carbonyl (C=O) groups is 1. The molecule has 1 unspecified atom stereocenters. The number of carbonyl (C=O) groups excluding carboxylic acids is 1. The van der Waals surface area contributed by atoms with Crippen molar-refractivity contribution in [1.82, 2.24) is 5.32 Å². The normalized spacial score (nSPS) is 13.5. The SMILES string of the molecule is COCC(C)(CNC(=O)CCc1ccc(OC)cc1)OC. The molecule has 118 valence electrons. The topological polar surface area (TPSA) is 56.8 Å². The molecule has 0 aliphatic rings. The van der Waals surface area contributed by atoms with Crippen molar-refractivity contribution in [2.45, 2.75) is 25.4 Å². The van der Waals surface area contributed by atoms with Gasteiger partial charge in [-0.25, -0.2) is 0 Å². The third kappa shape index (κ3) is 6.14. The van der Waals surface area contributed by atoms with E-state index in [1.165, 1.54) is 0 Å². The van der Waals surface area contributed by atoms with Gasteiger partial charge in [-0.2, -0.15) is 0 Å². The molecule has 1 N–H and O–H groups in total. The van der Waals surface area contributed by atoms with Crippen LogP contribution in [-0.4, -0.2) is 46.0 Å². The summed E-state index contributed by atoms with van der Waals surface area (Å²) < 4.78 is 15.6. The van der Waals surface area contributed by atoms with Gasteiger partial charge >= 0.3 is 0 Å². The smallest absolute Gasteiger partial charge is 0.220 e. The van der Waals surface area contributed by atoms with Crippen LogP contribution >= 0.6 is 0 Å². The number of nitrogens with one attached hydrogen (secondary N) is 1. The van der Waals surface area contributed by atoms with E-state index in [0.29, 0.717) is 26.0 Å². The van der Waals surface area contributed by atoms with Crippen molar-refractivity contribution in [3.8, 4) is 5.75 Å². The first-order valence-electron chi connectivity index (χ1n) is 6.96. The molecule has 0 spiro atoms. The first-order chi connectivity index (χ1) is 10.0. The zero-order valence-electron chi connectivity index (χ0n) is 13.3. The van der Waals surface area contributed by atoms with Gasteiger partial charge < -0.3 is 19.5 Å². The van der Waals surface area contributed by atoms with Crippen LogP contribution < -0.4 is 10.1 Å². The van der Waals surface area contributed by atoms with Crippen molar-refractivity contribution in [3.63, 3.8) is 0 Å². The van der Waals surface area contributed by atoms with Gasteiger partial charge in [0.15, 0.2) is 0 Å². The summed E-state index contributed by atoms with van der Waals surface area (Å²) in [7, 11) is 4.86. The van der Waals surface area contributed by atoms with E-state index in [1.807, 2.05) is 31.2 Å². The average Bonchev–Trinajstić information content (AvgIpc) is 2.51. The van der Waals surface area contributed by atoms with Gasteiger partial charge in [-0.1, -0.05) is 12.1 Å². The summed E-state index contributed by atoms with van der Waals surface area (Å²) in [6.07, 6.45) is 1.14. The molecule has 21 heavy (non-hydrogen) atoms. The highest BCUT2D eigenvalue weighted by Crippen LogP contribution is 2.13. The van der Waals surface area contributed by atoms with Gasteiger partial charge in [0.25, 0.3) is 0 Å². The van der Waals surface area contributed by atoms with Crippen LogP contribution in [0.15, 0.2) is 24.3 Å². The summed E-state index contributed by atoms with van der Waals surface area (Å²) in [6.45, 7) is 2.77. The Morgan fingerprint density at radius 1 is 1.19 bits per heavy atom. The van der Waals surface area contributed by atoms with Crippen LogP contribution in [-0.2, 0) is 20.7 Å². The third-order valence-electron chi connectivity index (χ3n) is 3.40. The zero-order chi connectivity index (χ0) is 15.7. The second-order valence-corrected chi connectivity index (χ2v) is 5.21. The molecular formula is C16H25NO4. The van der Waals surface area contributed by atoms with Crippen LogP contribution in [0.4, 0.5) is 0 Å². The molecule has 0 aromatic heterocycles. The zero-order valence-corrected chi connectivity index (χ0v) is 13.3. The van der Waals surface area contributed by atoms with Crippen LogP contribution in [0, 0.1) is 0 Å². The molecule has 0 bridgehead atoms. The minimum absolute atomic E-state index is 0.00481. The summed E-state index contributed by atoms with van der Waals surface area (Å²) in [6, 6.07) is 7.73. The highest BCUT2D eigenvalue weighted by Gasteiger charge is 2.24. The fraction of sp³-hybridized carbons (Fsp3) is 0.562. The molecule has 1 aromatic rings. The standard InChI is InChI=1S/C16H25NO4/c1-16(21-4,12-19-2)11-17-15(18)10-7-13-5-8-14(20-3)9-6-13/h5-6,8-9H,7,10-12H2,1-4H3,(H,17,18). The summed E-state index contributed by atoms with van der Waals surface area (Å²) in [5.74, 6) is 0.823. The van der Waals surface area contributed by atoms with E-state index < -0.39 is 5.60 Å². The molecule has 0 saturated carbocycles. The van der Waals surface area contributed by atoms with Crippen molar-refractivity contribution < 1.29 is 19.0 Å². The van der Waals surface area contributed by atoms with Gasteiger partial charge in [0.1, 0.15) is 11.4 Å². The van der Waals surface area contributed by atoms with Gasteiger partial charge in [-0.3, -0.25) is 4.79 Å². The molecule has 0 fully saturated rings. The quantitative estimate of drug-likeness (QED) is 0.754. The Kier molecular flexibility index (Phi) is 7.19. The molecule has 5 nitrogen and oxygen atoms in total. The lowest BCUT2D eigenvalue weighted by Crippen LogP contribution is -2.45. The molecule has 5 heteroatoms. The Balaban J connectivity index is 2.36. The maximum Gasteiger partial charge on any atom is 0.220 e. The predicted molar refractivity (Wildman–Crippen MR) is 81.6 cm³/mol. The van der Waals surface area contributed by atoms with Gasteiger partial charge in [0.05, 0.1) is 13.7 Å². The highest BCUT2D eigenvalue weighted by atomic mass is 16.5. The Bertz CT molecular complexity index is 432. The summed E-state index contributed by atoms with van der Waals surface area (Å²) >= 11 is 0. The molecule has 1 rings (SSSR count). The number of methoxy groups -OCH3 is 3. The average molecular weight is 295 g/mol. The van der Waals surface area contributed by atoms with Crippen LogP contribution in [0.3, 0.4) is 0 Å².